The van der Waals surface area contributed by atoms with Crippen molar-refractivity contribution in [2.45, 2.75) is 26.3 Å². The highest BCUT2D eigenvalue weighted by atomic mass is 16.5. The Hall–Kier alpha value is -1.06. The van der Waals surface area contributed by atoms with Gasteiger partial charge in [0.1, 0.15) is 5.75 Å². The van der Waals surface area contributed by atoms with Gasteiger partial charge in [-0.05, 0) is 32.4 Å². The van der Waals surface area contributed by atoms with Crippen LogP contribution in [0, 0.1) is 12.8 Å². The number of aryl methyl sites for hydroxylation is 1. The van der Waals surface area contributed by atoms with E-state index in [0.29, 0.717) is 5.92 Å². The number of hydrogen-bond donors (Lipinski definition) is 1. The van der Waals surface area contributed by atoms with E-state index in [-0.39, 0.29) is 6.04 Å². The fraction of sp³-hybridized carbons (Fsp3) is 0.600. The van der Waals surface area contributed by atoms with E-state index >= 15 is 0 Å². The van der Waals surface area contributed by atoms with Crippen molar-refractivity contribution >= 4 is 0 Å². The van der Waals surface area contributed by atoms with Crippen LogP contribution < -0.4 is 10.1 Å². The van der Waals surface area contributed by atoms with Crippen LogP contribution in [0.2, 0.25) is 0 Å². The van der Waals surface area contributed by atoms with E-state index in [2.05, 4.69) is 31.3 Å². The van der Waals surface area contributed by atoms with Gasteiger partial charge in [0.15, 0.2) is 0 Å². The first kappa shape index (κ1) is 15.0. The lowest BCUT2D eigenvalue weighted by Gasteiger charge is -2.26. The molecule has 0 amide bonds. The number of rotatable bonds is 7. The maximum absolute atomic E-state index is 5.47. The lowest BCUT2D eigenvalue weighted by atomic mass is 9.91. The van der Waals surface area contributed by atoms with Crippen LogP contribution in [0.25, 0.3) is 0 Å². The minimum absolute atomic E-state index is 0.287. The van der Waals surface area contributed by atoms with E-state index < -0.39 is 0 Å². The van der Waals surface area contributed by atoms with Gasteiger partial charge in [-0.15, -0.1) is 0 Å². The van der Waals surface area contributed by atoms with Crippen LogP contribution in [0.3, 0.4) is 0 Å². The quantitative estimate of drug-likeness (QED) is 0.808. The molecular formula is C15H25NO2. The van der Waals surface area contributed by atoms with E-state index in [1.807, 2.05) is 13.1 Å². The van der Waals surface area contributed by atoms with Crippen molar-refractivity contribution in [3.63, 3.8) is 0 Å². The SMILES string of the molecule is CNC(c1cc(C)ccc1OC)C(C)CCOC. The summed E-state index contributed by atoms with van der Waals surface area (Å²) in [6.07, 6.45) is 1.03. The van der Waals surface area contributed by atoms with E-state index in [9.17, 15) is 0 Å². The van der Waals surface area contributed by atoms with E-state index in [0.717, 1.165) is 18.8 Å². The lowest BCUT2D eigenvalue weighted by Crippen LogP contribution is -2.25. The van der Waals surface area contributed by atoms with Crippen molar-refractivity contribution in [3.05, 3.63) is 29.3 Å². The zero-order valence-corrected chi connectivity index (χ0v) is 12.1. The van der Waals surface area contributed by atoms with Crippen molar-refractivity contribution in [2.24, 2.45) is 5.92 Å². The third-order valence-electron chi connectivity index (χ3n) is 3.38. The third-order valence-corrected chi connectivity index (χ3v) is 3.38. The summed E-state index contributed by atoms with van der Waals surface area (Å²) in [5.41, 5.74) is 2.48. The molecule has 0 heterocycles. The summed E-state index contributed by atoms with van der Waals surface area (Å²) >= 11 is 0. The molecule has 2 unspecified atom stereocenters. The number of hydrogen-bond acceptors (Lipinski definition) is 3. The van der Waals surface area contributed by atoms with Crippen molar-refractivity contribution in [2.75, 3.05) is 27.9 Å². The largest absolute Gasteiger partial charge is 0.496 e. The Morgan fingerprint density at radius 3 is 2.56 bits per heavy atom. The number of nitrogens with one attached hydrogen (secondary N) is 1. The molecule has 3 heteroatoms. The second kappa shape index (κ2) is 7.39. The Labute approximate surface area is 110 Å². The van der Waals surface area contributed by atoms with Gasteiger partial charge in [0.2, 0.25) is 0 Å². The number of methoxy groups -OCH3 is 2. The van der Waals surface area contributed by atoms with Gasteiger partial charge < -0.3 is 14.8 Å². The van der Waals surface area contributed by atoms with Crippen molar-refractivity contribution in [3.8, 4) is 5.75 Å². The average molecular weight is 251 g/mol. The van der Waals surface area contributed by atoms with Gasteiger partial charge >= 0.3 is 0 Å². The van der Waals surface area contributed by atoms with Gasteiger partial charge in [-0.1, -0.05) is 24.6 Å². The Kier molecular flexibility index (Phi) is 6.16. The predicted molar refractivity (Wildman–Crippen MR) is 75.2 cm³/mol. The Balaban J connectivity index is 2.96. The summed E-state index contributed by atoms with van der Waals surface area (Å²) < 4.78 is 10.6. The molecule has 1 aromatic carbocycles. The standard InChI is InChI=1S/C15H25NO2/c1-11-6-7-14(18-5)13(10-11)15(16-3)12(2)8-9-17-4/h6-7,10,12,15-16H,8-9H2,1-5H3. The molecule has 0 spiro atoms. The Bertz CT molecular complexity index is 366. The minimum Gasteiger partial charge on any atom is -0.496 e. The molecule has 1 rings (SSSR count). The molecule has 0 aromatic heterocycles. The monoisotopic (exact) mass is 251 g/mol. The van der Waals surface area contributed by atoms with Crippen LogP contribution in [0.4, 0.5) is 0 Å². The van der Waals surface area contributed by atoms with E-state index in [1.54, 1.807) is 14.2 Å². The summed E-state index contributed by atoms with van der Waals surface area (Å²) in [5.74, 6) is 1.44. The van der Waals surface area contributed by atoms with Gasteiger partial charge in [-0.25, -0.2) is 0 Å². The van der Waals surface area contributed by atoms with Gasteiger partial charge in [-0.2, -0.15) is 0 Å². The zero-order chi connectivity index (χ0) is 13.5. The summed E-state index contributed by atoms with van der Waals surface area (Å²) in [6, 6.07) is 6.60. The topological polar surface area (TPSA) is 30.5 Å². The molecule has 0 bridgehead atoms. The first-order valence-corrected chi connectivity index (χ1v) is 6.44. The average Bonchev–Trinajstić information content (AvgIpc) is 2.37. The second-order valence-electron chi connectivity index (χ2n) is 4.77. The fourth-order valence-corrected chi connectivity index (χ4v) is 2.31. The van der Waals surface area contributed by atoms with Crippen LogP contribution >= 0.6 is 0 Å². The normalized spacial score (nSPS) is 14.3. The van der Waals surface area contributed by atoms with Gasteiger partial charge in [0.25, 0.3) is 0 Å². The zero-order valence-electron chi connectivity index (χ0n) is 12.1. The number of benzene rings is 1. The van der Waals surface area contributed by atoms with Crippen LogP contribution in [0.1, 0.15) is 30.5 Å². The molecule has 1 aromatic rings. The molecule has 0 radical (unpaired) electrons. The van der Waals surface area contributed by atoms with Gasteiger partial charge in [0.05, 0.1) is 7.11 Å². The highest BCUT2D eigenvalue weighted by molar-refractivity contribution is 5.39. The van der Waals surface area contributed by atoms with Gasteiger partial charge in [-0.3, -0.25) is 0 Å². The van der Waals surface area contributed by atoms with Crippen molar-refractivity contribution < 1.29 is 9.47 Å². The summed E-state index contributed by atoms with van der Waals surface area (Å²) in [7, 11) is 5.46. The molecule has 0 fully saturated rings. The molecule has 1 N–H and O–H groups in total. The highest BCUT2D eigenvalue weighted by Gasteiger charge is 2.20. The summed E-state index contributed by atoms with van der Waals surface area (Å²) in [4.78, 5) is 0. The molecule has 0 aliphatic carbocycles. The fourth-order valence-electron chi connectivity index (χ4n) is 2.31. The predicted octanol–water partition coefficient (Wildman–Crippen LogP) is 2.94. The van der Waals surface area contributed by atoms with Crippen LogP contribution in [-0.4, -0.2) is 27.9 Å². The first-order chi connectivity index (χ1) is 8.63. The summed E-state index contributed by atoms with van der Waals surface area (Å²) in [6.45, 7) is 5.13. The van der Waals surface area contributed by atoms with Crippen LogP contribution in [-0.2, 0) is 4.74 Å². The lowest BCUT2D eigenvalue weighted by molar-refractivity contribution is 0.171. The maximum atomic E-state index is 5.47. The molecule has 18 heavy (non-hydrogen) atoms. The molecule has 0 saturated carbocycles. The maximum Gasteiger partial charge on any atom is 0.123 e. The van der Waals surface area contributed by atoms with Gasteiger partial charge in [0, 0.05) is 25.3 Å². The highest BCUT2D eigenvalue weighted by Crippen LogP contribution is 2.32. The molecule has 3 nitrogen and oxygen atoms in total. The van der Waals surface area contributed by atoms with Crippen molar-refractivity contribution in [1.82, 2.24) is 5.32 Å². The number of ether oxygens (including phenoxy) is 2. The first-order valence-electron chi connectivity index (χ1n) is 6.44. The van der Waals surface area contributed by atoms with Crippen LogP contribution in [0.15, 0.2) is 18.2 Å². The van der Waals surface area contributed by atoms with Crippen molar-refractivity contribution in [1.29, 1.82) is 0 Å². The summed E-state index contributed by atoms with van der Waals surface area (Å²) in [5, 5.41) is 3.39. The molecule has 0 aliphatic rings. The second-order valence-corrected chi connectivity index (χ2v) is 4.77. The minimum atomic E-state index is 0.287. The Morgan fingerprint density at radius 1 is 1.28 bits per heavy atom. The molecule has 102 valence electrons. The van der Waals surface area contributed by atoms with Crippen LogP contribution in [0.5, 0.6) is 5.75 Å². The molecule has 2 atom stereocenters. The third kappa shape index (κ3) is 3.72. The smallest absolute Gasteiger partial charge is 0.123 e. The van der Waals surface area contributed by atoms with E-state index in [4.69, 9.17) is 9.47 Å². The molecule has 0 saturated heterocycles. The molecule has 0 aliphatic heterocycles. The molecular weight excluding hydrogens is 226 g/mol. The van der Waals surface area contributed by atoms with E-state index in [1.165, 1.54) is 11.1 Å². The Morgan fingerprint density at radius 2 is 2.00 bits per heavy atom.